The maximum atomic E-state index is 12.7. The number of nitrogens with zero attached hydrogens (tertiary/aromatic N) is 2. The molecule has 0 fully saturated rings. The van der Waals surface area contributed by atoms with Crippen molar-refractivity contribution in [2.45, 2.75) is 12.5 Å². The lowest BCUT2D eigenvalue weighted by Gasteiger charge is -2.18. The molecule has 0 saturated heterocycles. The molecule has 4 heterocycles. The molecule has 0 aromatic carbocycles. The van der Waals surface area contributed by atoms with Crippen molar-refractivity contribution in [1.82, 2.24) is 5.01 Å². The summed E-state index contributed by atoms with van der Waals surface area (Å²) >= 11 is 3.06. The number of furan rings is 1. The second-order valence-electron chi connectivity index (χ2n) is 4.89. The molecule has 0 bridgehead atoms. The summed E-state index contributed by atoms with van der Waals surface area (Å²) in [5.74, 6) is 0.683. The first kappa shape index (κ1) is 13.5. The van der Waals surface area contributed by atoms with Gasteiger partial charge in [-0.2, -0.15) is 5.10 Å². The molecule has 1 aliphatic rings. The van der Waals surface area contributed by atoms with Crippen LogP contribution in [0.1, 0.15) is 32.8 Å². The van der Waals surface area contributed by atoms with Crippen molar-refractivity contribution >= 4 is 34.3 Å². The number of carbonyl (C=O) groups excluding carboxylic acids is 1. The second-order valence-corrected chi connectivity index (χ2v) is 6.78. The van der Waals surface area contributed by atoms with E-state index >= 15 is 0 Å². The molecule has 1 aliphatic heterocycles. The Morgan fingerprint density at radius 3 is 2.73 bits per heavy atom. The average Bonchev–Trinajstić information content (AvgIpc) is 3.35. The third kappa shape index (κ3) is 2.30. The van der Waals surface area contributed by atoms with E-state index in [0.29, 0.717) is 11.3 Å². The van der Waals surface area contributed by atoms with Gasteiger partial charge in [0.1, 0.15) is 11.8 Å². The number of hydrogen-bond acceptors (Lipinski definition) is 5. The zero-order valence-electron chi connectivity index (χ0n) is 11.5. The summed E-state index contributed by atoms with van der Waals surface area (Å²) in [4.78, 5) is 14.5. The van der Waals surface area contributed by atoms with Gasteiger partial charge in [0.25, 0.3) is 5.91 Å². The molecule has 0 saturated carbocycles. The summed E-state index contributed by atoms with van der Waals surface area (Å²) in [6, 6.07) is 11.3. The lowest BCUT2D eigenvalue weighted by Crippen LogP contribution is -2.26. The first-order valence-electron chi connectivity index (χ1n) is 6.85. The molecule has 3 aromatic heterocycles. The smallest absolute Gasteiger partial charge is 0.284 e. The van der Waals surface area contributed by atoms with Gasteiger partial charge in [-0.25, -0.2) is 5.01 Å². The Morgan fingerprint density at radius 1 is 1.18 bits per heavy atom. The first-order valence-corrected chi connectivity index (χ1v) is 8.60. The van der Waals surface area contributed by atoms with Crippen LogP contribution in [0.4, 0.5) is 0 Å². The molecule has 3 aromatic rings. The highest BCUT2D eigenvalue weighted by Crippen LogP contribution is 2.35. The lowest BCUT2D eigenvalue weighted by atomic mass is 10.1. The van der Waals surface area contributed by atoms with E-state index in [2.05, 4.69) is 5.10 Å². The molecule has 0 spiro atoms. The minimum Gasteiger partial charge on any atom is -0.467 e. The van der Waals surface area contributed by atoms with Gasteiger partial charge in [-0.05, 0) is 35.0 Å². The third-order valence-corrected chi connectivity index (χ3v) is 5.30. The van der Waals surface area contributed by atoms with Crippen LogP contribution in [0.2, 0.25) is 0 Å². The van der Waals surface area contributed by atoms with Crippen molar-refractivity contribution in [3.63, 3.8) is 0 Å². The van der Waals surface area contributed by atoms with Crippen molar-refractivity contribution in [1.29, 1.82) is 0 Å². The van der Waals surface area contributed by atoms with Gasteiger partial charge in [0.2, 0.25) is 0 Å². The largest absolute Gasteiger partial charge is 0.467 e. The monoisotopic (exact) mass is 328 g/mol. The lowest BCUT2D eigenvalue weighted by molar-refractivity contribution is 0.0698. The maximum Gasteiger partial charge on any atom is 0.284 e. The summed E-state index contributed by atoms with van der Waals surface area (Å²) in [5, 5.41) is 10.1. The van der Waals surface area contributed by atoms with Crippen molar-refractivity contribution in [2.75, 3.05) is 0 Å². The molecule has 110 valence electrons. The van der Waals surface area contributed by atoms with Crippen LogP contribution in [0.25, 0.3) is 0 Å². The fraction of sp³-hybridized carbons (Fsp3) is 0.125. The SMILES string of the molecule is O=C(c1cccs1)N1N=C(c2cccs2)C[C@@H]1c1ccco1. The van der Waals surface area contributed by atoms with Gasteiger partial charge < -0.3 is 4.42 Å². The Balaban J connectivity index is 1.71. The van der Waals surface area contributed by atoms with Crippen LogP contribution in [0.3, 0.4) is 0 Å². The molecule has 0 N–H and O–H groups in total. The molecule has 4 nitrogen and oxygen atoms in total. The van der Waals surface area contributed by atoms with E-state index in [1.807, 2.05) is 47.2 Å². The summed E-state index contributed by atoms with van der Waals surface area (Å²) in [7, 11) is 0. The van der Waals surface area contributed by atoms with Gasteiger partial charge in [0.05, 0.1) is 21.7 Å². The standard InChI is InChI=1S/C16H12N2O2S2/c19-16(15-6-3-9-22-15)18-12(13-4-1-7-20-13)10-11(17-18)14-5-2-8-21-14/h1-9,12H,10H2/t12-/m1/s1. The van der Waals surface area contributed by atoms with E-state index in [4.69, 9.17) is 4.42 Å². The number of thiophene rings is 2. The maximum absolute atomic E-state index is 12.7. The molecular weight excluding hydrogens is 316 g/mol. The van der Waals surface area contributed by atoms with Crippen LogP contribution in [0.15, 0.2) is 62.9 Å². The number of rotatable bonds is 3. The van der Waals surface area contributed by atoms with E-state index in [1.54, 1.807) is 22.6 Å². The van der Waals surface area contributed by atoms with Crippen LogP contribution in [-0.4, -0.2) is 16.6 Å². The van der Waals surface area contributed by atoms with E-state index < -0.39 is 0 Å². The van der Waals surface area contributed by atoms with E-state index in [1.165, 1.54) is 11.3 Å². The fourth-order valence-corrected chi connectivity index (χ4v) is 3.88. The van der Waals surface area contributed by atoms with Gasteiger partial charge in [-0.15, -0.1) is 22.7 Å². The van der Waals surface area contributed by atoms with Crippen LogP contribution in [-0.2, 0) is 0 Å². The second kappa shape index (κ2) is 5.55. The number of hydrazone groups is 1. The summed E-state index contributed by atoms with van der Waals surface area (Å²) in [6.45, 7) is 0. The molecule has 1 atom stereocenters. The molecule has 0 radical (unpaired) electrons. The van der Waals surface area contributed by atoms with Crippen LogP contribution in [0, 0.1) is 0 Å². The van der Waals surface area contributed by atoms with E-state index in [-0.39, 0.29) is 11.9 Å². The van der Waals surface area contributed by atoms with Gasteiger partial charge >= 0.3 is 0 Å². The molecular formula is C16H12N2O2S2. The summed E-state index contributed by atoms with van der Waals surface area (Å²) in [5.41, 5.74) is 0.932. The van der Waals surface area contributed by atoms with Gasteiger partial charge in [0, 0.05) is 6.42 Å². The Labute approximate surface area is 135 Å². The van der Waals surface area contributed by atoms with Crippen molar-refractivity contribution < 1.29 is 9.21 Å². The summed E-state index contributed by atoms with van der Waals surface area (Å²) in [6.07, 6.45) is 2.30. The predicted molar refractivity (Wildman–Crippen MR) is 87.4 cm³/mol. The van der Waals surface area contributed by atoms with Crippen molar-refractivity contribution in [3.05, 3.63) is 68.9 Å². The molecule has 6 heteroatoms. The molecule has 4 rings (SSSR count). The van der Waals surface area contributed by atoms with Crippen molar-refractivity contribution in [2.24, 2.45) is 5.10 Å². The van der Waals surface area contributed by atoms with Crippen LogP contribution < -0.4 is 0 Å². The summed E-state index contributed by atoms with van der Waals surface area (Å²) < 4.78 is 5.52. The molecule has 0 unspecified atom stereocenters. The topological polar surface area (TPSA) is 45.8 Å². The van der Waals surface area contributed by atoms with E-state index in [0.717, 1.165) is 16.3 Å². The Kier molecular flexibility index (Phi) is 3.40. The first-order chi connectivity index (χ1) is 10.8. The minimum absolute atomic E-state index is 0.0806. The van der Waals surface area contributed by atoms with Gasteiger partial charge in [0.15, 0.2) is 0 Å². The molecule has 1 amide bonds. The highest BCUT2D eigenvalue weighted by molar-refractivity contribution is 7.12. The quantitative estimate of drug-likeness (QED) is 0.715. The zero-order chi connectivity index (χ0) is 14.9. The minimum atomic E-state index is -0.179. The molecule has 0 aliphatic carbocycles. The molecule has 22 heavy (non-hydrogen) atoms. The Hall–Kier alpha value is -2.18. The number of hydrogen-bond donors (Lipinski definition) is 0. The third-order valence-electron chi connectivity index (χ3n) is 3.53. The number of amides is 1. The zero-order valence-corrected chi connectivity index (χ0v) is 13.1. The predicted octanol–water partition coefficient (Wildman–Crippen LogP) is 4.39. The van der Waals surface area contributed by atoms with Crippen LogP contribution in [0.5, 0.6) is 0 Å². The average molecular weight is 328 g/mol. The normalized spacial score (nSPS) is 17.7. The highest BCUT2D eigenvalue weighted by atomic mass is 32.1. The Morgan fingerprint density at radius 2 is 2.05 bits per heavy atom. The van der Waals surface area contributed by atoms with Gasteiger partial charge in [-0.3, -0.25) is 4.79 Å². The Bertz CT molecular complexity index is 789. The van der Waals surface area contributed by atoms with Gasteiger partial charge in [-0.1, -0.05) is 12.1 Å². The highest BCUT2D eigenvalue weighted by Gasteiger charge is 2.35. The fourth-order valence-electron chi connectivity index (χ4n) is 2.50. The van der Waals surface area contributed by atoms with Crippen LogP contribution >= 0.6 is 22.7 Å². The van der Waals surface area contributed by atoms with E-state index in [9.17, 15) is 4.79 Å². The number of carbonyl (C=O) groups is 1. The van der Waals surface area contributed by atoms with Crippen molar-refractivity contribution in [3.8, 4) is 0 Å².